The van der Waals surface area contributed by atoms with E-state index < -0.39 is 29.8 Å². The highest BCUT2D eigenvalue weighted by atomic mass is 35.5. The highest BCUT2D eigenvalue weighted by Crippen LogP contribution is 2.52. The first-order chi connectivity index (χ1) is 12.1. The standard InChI is InChI=1S/C15H12Cl2F3N3O3/c16-10-5-9-8(1-3-14(9,25)15(18,19)20)11(17)12(10)22-13(24)21-6-7-2-4-26-23-7/h2,4-5,25H,1,3,6H2,(H2,21,22,24). The lowest BCUT2D eigenvalue weighted by Crippen LogP contribution is -2.40. The van der Waals surface area contributed by atoms with Gasteiger partial charge in [-0.3, -0.25) is 0 Å². The van der Waals surface area contributed by atoms with Gasteiger partial charge in [0.05, 0.1) is 22.3 Å². The van der Waals surface area contributed by atoms with Crippen molar-refractivity contribution in [2.24, 2.45) is 0 Å². The Hall–Kier alpha value is -1.97. The van der Waals surface area contributed by atoms with Crippen molar-refractivity contribution in [2.75, 3.05) is 5.32 Å². The number of carbonyl (C=O) groups is 1. The van der Waals surface area contributed by atoms with Gasteiger partial charge in [-0.15, -0.1) is 0 Å². The van der Waals surface area contributed by atoms with Crippen molar-refractivity contribution in [1.82, 2.24) is 10.5 Å². The predicted octanol–water partition coefficient (Wildman–Crippen LogP) is 4.00. The van der Waals surface area contributed by atoms with Gasteiger partial charge in [-0.05, 0) is 30.0 Å². The SMILES string of the molecule is O=C(NCc1ccon1)Nc1c(Cl)cc2c(c1Cl)CCC2(O)C(F)(F)F. The van der Waals surface area contributed by atoms with Crippen LogP contribution in [0.2, 0.25) is 10.0 Å². The smallest absolute Gasteiger partial charge is 0.376 e. The van der Waals surface area contributed by atoms with Crippen LogP contribution in [0, 0.1) is 0 Å². The van der Waals surface area contributed by atoms with Crippen LogP contribution in [0.5, 0.6) is 0 Å². The molecule has 1 atom stereocenters. The fraction of sp³-hybridized carbons (Fsp3) is 0.333. The average molecular weight is 410 g/mol. The second-order valence-corrected chi connectivity index (χ2v) is 6.52. The number of amides is 2. The summed E-state index contributed by atoms with van der Waals surface area (Å²) in [6, 6.07) is 1.85. The predicted molar refractivity (Wildman–Crippen MR) is 87.1 cm³/mol. The lowest BCUT2D eigenvalue weighted by Gasteiger charge is -2.27. The molecule has 2 aromatic rings. The van der Waals surface area contributed by atoms with Crippen LogP contribution < -0.4 is 10.6 Å². The summed E-state index contributed by atoms with van der Waals surface area (Å²) in [6.45, 7) is 0.0658. The molecule has 0 bridgehead atoms. The summed E-state index contributed by atoms with van der Waals surface area (Å²) in [6.07, 6.45) is -4.19. The van der Waals surface area contributed by atoms with Gasteiger partial charge in [-0.25, -0.2) is 4.79 Å². The molecular weight excluding hydrogens is 398 g/mol. The molecule has 1 aliphatic rings. The molecule has 3 rings (SSSR count). The molecule has 0 aliphatic heterocycles. The molecule has 0 saturated carbocycles. The zero-order valence-electron chi connectivity index (χ0n) is 13.0. The maximum Gasteiger partial charge on any atom is 0.421 e. The monoisotopic (exact) mass is 409 g/mol. The van der Waals surface area contributed by atoms with Crippen LogP contribution >= 0.6 is 23.2 Å². The fourth-order valence-electron chi connectivity index (χ4n) is 2.78. The molecule has 1 unspecified atom stereocenters. The molecule has 1 heterocycles. The van der Waals surface area contributed by atoms with E-state index in [0.29, 0.717) is 5.69 Å². The number of aliphatic hydroxyl groups is 1. The Morgan fingerprint density at radius 3 is 2.77 bits per heavy atom. The van der Waals surface area contributed by atoms with E-state index in [-0.39, 0.29) is 34.3 Å². The maximum absolute atomic E-state index is 13.2. The number of nitrogens with zero attached hydrogens (tertiary/aromatic N) is 1. The van der Waals surface area contributed by atoms with E-state index in [1.807, 2.05) is 0 Å². The van der Waals surface area contributed by atoms with Crippen molar-refractivity contribution < 1.29 is 27.6 Å². The second kappa shape index (κ2) is 6.64. The molecule has 3 N–H and O–H groups in total. The third-order valence-corrected chi connectivity index (χ3v) is 4.85. The number of alkyl halides is 3. The summed E-state index contributed by atoms with van der Waals surface area (Å²) < 4.78 is 44.2. The van der Waals surface area contributed by atoms with Gasteiger partial charge in [0.25, 0.3) is 0 Å². The third kappa shape index (κ3) is 3.22. The Kier molecular flexibility index (Phi) is 4.80. The van der Waals surface area contributed by atoms with Crippen molar-refractivity contribution in [3.05, 3.63) is 45.3 Å². The first-order valence-electron chi connectivity index (χ1n) is 7.38. The topological polar surface area (TPSA) is 87.4 Å². The van der Waals surface area contributed by atoms with Gasteiger partial charge in [0.2, 0.25) is 0 Å². The van der Waals surface area contributed by atoms with Crippen LogP contribution in [-0.4, -0.2) is 22.5 Å². The summed E-state index contributed by atoms with van der Waals surface area (Å²) in [5, 5.41) is 18.2. The number of rotatable bonds is 3. The number of nitrogens with one attached hydrogen (secondary N) is 2. The van der Waals surface area contributed by atoms with E-state index in [4.69, 9.17) is 23.2 Å². The van der Waals surface area contributed by atoms with Crippen LogP contribution in [-0.2, 0) is 18.6 Å². The van der Waals surface area contributed by atoms with Crippen LogP contribution in [0.3, 0.4) is 0 Å². The van der Waals surface area contributed by atoms with Crippen LogP contribution in [0.25, 0.3) is 0 Å². The summed E-state index contributed by atoms with van der Waals surface area (Å²) >= 11 is 12.1. The zero-order chi connectivity index (χ0) is 19.1. The van der Waals surface area contributed by atoms with E-state index in [0.717, 1.165) is 6.07 Å². The van der Waals surface area contributed by atoms with Crippen molar-refractivity contribution in [1.29, 1.82) is 0 Å². The Balaban J connectivity index is 1.83. The maximum atomic E-state index is 13.2. The largest absolute Gasteiger partial charge is 0.421 e. The molecule has 140 valence electrons. The molecule has 6 nitrogen and oxygen atoms in total. The minimum Gasteiger partial charge on any atom is -0.376 e. The van der Waals surface area contributed by atoms with Gasteiger partial charge in [0.1, 0.15) is 12.0 Å². The minimum absolute atomic E-state index is 0.0313. The lowest BCUT2D eigenvalue weighted by atomic mass is 9.95. The number of anilines is 1. The number of fused-ring (bicyclic) bond motifs is 1. The number of aromatic nitrogens is 1. The van der Waals surface area contributed by atoms with Crippen molar-refractivity contribution in [3.63, 3.8) is 0 Å². The van der Waals surface area contributed by atoms with Gasteiger partial charge in [-0.1, -0.05) is 28.4 Å². The van der Waals surface area contributed by atoms with E-state index in [1.165, 1.54) is 6.26 Å². The van der Waals surface area contributed by atoms with Crippen LogP contribution in [0.4, 0.5) is 23.7 Å². The highest BCUT2D eigenvalue weighted by Gasteiger charge is 2.58. The van der Waals surface area contributed by atoms with Crippen molar-refractivity contribution in [2.45, 2.75) is 31.2 Å². The van der Waals surface area contributed by atoms with Gasteiger partial charge in [-0.2, -0.15) is 13.2 Å². The Bertz CT molecular complexity index is 843. The van der Waals surface area contributed by atoms with Crippen molar-refractivity contribution in [3.8, 4) is 0 Å². The number of carbonyl (C=O) groups excluding carboxylic acids is 1. The molecule has 0 saturated heterocycles. The molecular formula is C15H12Cl2F3N3O3. The first-order valence-corrected chi connectivity index (χ1v) is 8.13. The number of halogens is 5. The lowest BCUT2D eigenvalue weighted by molar-refractivity contribution is -0.265. The van der Waals surface area contributed by atoms with Crippen molar-refractivity contribution >= 4 is 34.9 Å². The van der Waals surface area contributed by atoms with Crippen LogP contribution in [0.15, 0.2) is 22.9 Å². The summed E-state index contributed by atoms with van der Waals surface area (Å²) in [4.78, 5) is 12.0. The van der Waals surface area contributed by atoms with Gasteiger partial charge in [0, 0.05) is 6.07 Å². The van der Waals surface area contributed by atoms with E-state index in [2.05, 4.69) is 20.3 Å². The summed E-state index contributed by atoms with van der Waals surface area (Å²) in [5.41, 5.74) is -2.86. The molecule has 26 heavy (non-hydrogen) atoms. The van der Waals surface area contributed by atoms with Gasteiger partial charge >= 0.3 is 12.2 Å². The van der Waals surface area contributed by atoms with Gasteiger partial charge in [0.15, 0.2) is 5.60 Å². The summed E-state index contributed by atoms with van der Waals surface area (Å²) in [7, 11) is 0. The third-order valence-electron chi connectivity index (χ3n) is 4.13. The first kappa shape index (κ1) is 18.8. The molecule has 1 aromatic carbocycles. The number of urea groups is 1. The zero-order valence-corrected chi connectivity index (χ0v) is 14.5. The molecule has 11 heteroatoms. The van der Waals surface area contributed by atoms with E-state index in [9.17, 15) is 23.1 Å². The normalized spacial score (nSPS) is 19.3. The number of hydrogen-bond acceptors (Lipinski definition) is 4. The molecule has 0 fully saturated rings. The molecule has 1 aliphatic carbocycles. The summed E-state index contributed by atoms with van der Waals surface area (Å²) in [5.74, 6) is 0. The molecule has 2 amide bonds. The van der Waals surface area contributed by atoms with Crippen LogP contribution in [0.1, 0.15) is 23.2 Å². The van der Waals surface area contributed by atoms with E-state index >= 15 is 0 Å². The number of hydrogen-bond donors (Lipinski definition) is 3. The van der Waals surface area contributed by atoms with Gasteiger partial charge < -0.3 is 20.3 Å². The molecule has 1 aromatic heterocycles. The average Bonchev–Trinajstić information content (AvgIpc) is 3.18. The minimum atomic E-state index is -4.87. The van der Waals surface area contributed by atoms with E-state index in [1.54, 1.807) is 6.07 Å². The highest BCUT2D eigenvalue weighted by molar-refractivity contribution is 6.40. The fourth-order valence-corrected chi connectivity index (χ4v) is 3.42. The Morgan fingerprint density at radius 1 is 1.42 bits per heavy atom. The number of benzene rings is 1. The second-order valence-electron chi connectivity index (χ2n) is 5.73. The molecule has 0 radical (unpaired) electrons. The Labute approximate surface area is 155 Å². The Morgan fingerprint density at radius 2 is 2.15 bits per heavy atom. The molecule has 0 spiro atoms. The quantitative estimate of drug-likeness (QED) is 0.714.